The van der Waals surface area contributed by atoms with E-state index in [4.69, 9.17) is 0 Å². The number of fused-ring (bicyclic) bond motifs is 1. The maximum Gasteiger partial charge on any atom is 0.433 e. The van der Waals surface area contributed by atoms with Gasteiger partial charge in [-0.05, 0) is 12.5 Å². The molecular weight excluding hydrogens is 267 g/mol. The second-order valence-corrected chi connectivity index (χ2v) is 4.74. The van der Waals surface area contributed by atoms with Gasteiger partial charge in [-0.2, -0.15) is 13.2 Å². The summed E-state index contributed by atoms with van der Waals surface area (Å²) >= 11 is 0. The molecule has 0 aliphatic carbocycles. The molecule has 1 aromatic heterocycles. The van der Waals surface area contributed by atoms with Crippen LogP contribution < -0.4 is 5.32 Å². The average molecular weight is 279 g/mol. The van der Waals surface area contributed by atoms with Crippen LogP contribution in [0.1, 0.15) is 22.5 Å². The molecule has 0 fully saturated rings. The van der Waals surface area contributed by atoms with Crippen LogP contribution >= 0.6 is 0 Å². The van der Waals surface area contributed by atoms with Crippen LogP contribution in [-0.4, -0.2) is 9.97 Å². The van der Waals surface area contributed by atoms with E-state index in [1.165, 1.54) is 0 Å². The van der Waals surface area contributed by atoms with Gasteiger partial charge in [0.25, 0.3) is 0 Å². The summed E-state index contributed by atoms with van der Waals surface area (Å²) in [5.74, 6) is 0.137. The molecule has 0 saturated carbocycles. The molecule has 1 aliphatic heterocycles. The zero-order chi connectivity index (χ0) is 14.3. The van der Waals surface area contributed by atoms with Crippen LogP contribution in [0.15, 0.2) is 24.3 Å². The van der Waals surface area contributed by atoms with Gasteiger partial charge in [0.15, 0.2) is 11.5 Å². The van der Waals surface area contributed by atoms with E-state index in [0.29, 0.717) is 17.8 Å². The summed E-state index contributed by atoms with van der Waals surface area (Å²) in [6.45, 7) is 2.34. The molecule has 2 aromatic rings. The number of hydrogen-bond acceptors (Lipinski definition) is 3. The third kappa shape index (κ3) is 2.16. The van der Waals surface area contributed by atoms with Crippen LogP contribution in [0.2, 0.25) is 0 Å². The summed E-state index contributed by atoms with van der Waals surface area (Å²) in [6.07, 6.45) is -4.46. The lowest BCUT2D eigenvalue weighted by molar-refractivity contribution is -0.141. The van der Waals surface area contributed by atoms with Crippen LogP contribution in [0.4, 0.5) is 13.2 Å². The highest BCUT2D eigenvalue weighted by molar-refractivity contribution is 5.60. The van der Waals surface area contributed by atoms with Gasteiger partial charge in [0, 0.05) is 24.2 Å². The molecule has 2 heterocycles. The summed E-state index contributed by atoms with van der Waals surface area (Å²) in [7, 11) is 0. The van der Waals surface area contributed by atoms with E-state index in [1.807, 2.05) is 19.1 Å². The summed E-state index contributed by atoms with van der Waals surface area (Å²) in [6, 6.07) is 7.17. The van der Waals surface area contributed by atoms with Crippen molar-refractivity contribution in [3.05, 3.63) is 46.8 Å². The number of rotatable bonds is 1. The fraction of sp³-hybridized carbons (Fsp3) is 0.286. The normalized spacial score (nSPS) is 14.4. The Morgan fingerprint density at radius 3 is 2.55 bits per heavy atom. The summed E-state index contributed by atoms with van der Waals surface area (Å²) in [4.78, 5) is 8.06. The molecule has 0 unspecified atom stereocenters. The second kappa shape index (κ2) is 4.56. The van der Waals surface area contributed by atoms with Gasteiger partial charge in [0.1, 0.15) is 0 Å². The van der Waals surface area contributed by atoms with Crippen LogP contribution in [-0.2, 0) is 19.3 Å². The number of nitrogens with one attached hydrogen (secondary N) is 1. The molecule has 0 bridgehead atoms. The molecule has 1 aliphatic rings. The topological polar surface area (TPSA) is 37.8 Å². The van der Waals surface area contributed by atoms with Crippen molar-refractivity contribution in [3.63, 3.8) is 0 Å². The van der Waals surface area contributed by atoms with E-state index >= 15 is 0 Å². The summed E-state index contributed by atoms with van der Waals surface area (Å²) in [5.41, 5.74) is 1.25. The number of nitrogens with zero attached hydrogens (tertiary/aromatic N) is 2. The lowest BCUT2D eigenvalue weighted by Crippen LogP contribution is -2.14. The number of alkyl halides is 3. The number of hydrogen-bond donors (Lipinski definition) is 1. The molecule has 1 aromatic carbocycles. The molecule has 0 spiro atoms. The average Bonchev–Trinajstić information content (AvgIpc) is 2.85. The summed E-state index contributed by atoms with van der Waals surface area (Å²) < 4.78 is 39.4. The van der Waals surface area contributed by atoms with E-state index in [9.17, 15) is 13.2 Å². The third-order valence-corrected chi connectivity index (χ3v) is 3.34. The molecule has 3 nitrogen and oxygen atoms in total. The molecular formula is C14H12F3N3. The number of halogens is 3. The van der Waals surface area contributed by atoms with Crippen molar-refractivity contribution in [2.45, 2.75) is 26.2 Å². The van der Waals surface area contributed by atoms with Crippen LogP contribution in [0, 0.1) is 6.92 Å². The number of aryl methyl sites for hydroxylation is 1. The lowest BCUT2D eigenvalue weighted by Gasteiger charge is -2.13. The summed E-state index contributed by atoms with van der Waals surface area (Å²) in [5, 5.41) is 2.89. The minimum atomic E-state index is -4.46. The van der Waals surface area contributed by atoms with Gasteiger partial charge in [0.05, 0.1) is 5.69 Å². The van der Waals surface area contributed by atoms with Gasteiger partial charge < -0.3 is 5.32 Å². The van der Waals surface area contributed by atoms with Gasteiger partial charge >= 0.3 is 6.18 Å². The largest absolute Gasteiger partial charge is 0.433 e. The molecule has 1 N–H and O–H groups in total. The molecule has 3 rings (SSSR count). The number of benzene rings is 1. The highest BCUT2D eigenvalue weighted by Gasteiger charge is 2.38. The van der Waals surface area contributed by atoms with Gasteiger partial charge in [-0.1, -0.05) is 24.3 Å². The first-order valence-corrected chi connectivity index (χ1v) is 6.20. The maximum absolute atomic E-state index is 13.1. The van der Waals surface area contributed by atoms with E-state index < -0.39 is 11.9 Å². The Bertz CT molecular complexity index is 665. The van der Waals surface area contributed by atoms with E-state index in [2.05, 4.69) is 15.3 Å². The Morgan fingerprint density at radius 1 is 1.10 bits per heavy atom. The van der Waals surface area contributed by atoms with E-state index in [1.54, 1.807) is 12.1 Å². The van der Waals surface area contributed by atoms with Crippen molar-refractivity contribution < 1.29 is 13.2 Å². The predicted molar refractivity (Wildman–Crippen MR) is 67.8 cm³/mol. The Kier molecular flexibility index (Phi) is 2.97. The Labute approximate surface area is 113 Å². The van der Waals surface area contributed by atoms with Gasteiger partial charge in [0.2, 0.25) is 0 Å². The molecule has 0 radical (unpaired) electrons. The van der Waals surface area contributed by atoms with E-state index in [0.717, 1.165) is 5.56 Å². The highest BCUT2D eigenvalue weighted by atomic mass is 19.4. The fourth-order valence-corrected chi connectivity index (χ4v) is 2.35. The first kappa shape index (κ1) is 13.1. The first-order chi connectivity index (χ1) is 9.47. The maximum atomic E-state index is 13.1. The van der Waals surface area contributed by atoms with Gasteiger partial charge in [-0.25, -0.2) is 9.97 Å². The quantitative estimate of drug-likeness (QED) is 0.871. The predicted octanol–water partition coefficient (Wildman–Crippen LogP) is 3.07. The van der Waals surface area contributed by atoms with Crippen LogP contribution in [0.5, 0.6) is 0 Å². The van der Waals surface area contributed by atoms with Crippen molar-refractivity contribution in [1.82, 2.24) is 15.3 Å². The Morgan fingerprint density at radius 2 is 1.85 bits per heavy atom. The SMILES string of the molecule is Cc1ccccc1-c1nc2c(c(C(F)(F)F)n1)CNC2. The fourth-order valence-electron chi connectivity index (χ4n) is 2.35. The molecule has 0 atom stereocenters. The van der Waals surface area contributed by atoms with Gasteiger partial charge in [-0.3, -0.25) is 0 Å². The van der Waals surface area contributed by atoms with Crippen molar-refractivity contribution in [2.75, 3.05) is 0 Å². The lowest BCUT2D eigenvalue weighted by atomic mass is 10.1. The number of aromatic nitrogens is 2. The van der Waals surface area contributed by atoms with Crippen LogP contribution in [0.3, 0.4) is 0 Å². The standard InChI is InChI=1S/C14H12F3N3/c1-8-4-2-3-5-9(8)13-19-11-7-18-6-10(11)12(20-13)14(15,16)17/h2-5,18H,6-7H2,1H3. The second-order valence-electron chi connectivity index (χ2n) is 4.74. The minimum absolute atomic E-state index is 0.137. The monoisotopic (exact) mass is 279 g/mol. The Balaban J connectivity index is 2.22. The van der Waals surface area contributed by atoms with Crippen LogP contribution in [0.25, 0.3) is 11.4 Å². The van der Waals surface area contributed by atoms with Gasteiger partial charge in [-0.15, -0.1) is 0 Å². The van der Waals surface area contributed by atoms with E-state index in [-0.39, 0.29) is 17.9 Å². The molecule has 20 heavy (non-hydrogen) atoms. The van der Waals surface area contributed by atoms with Crippen molar-refractivity contribution >= 4 is 0 Å². The third-order valence-electron chi connectivity index (χ3n) is 3.34. The zero-order valence-corrected chi connectivity index (χ0v) is 10.8. The molecule has 0 amide bonds. The van der Waals surface area contributed by atoms with Crippen molar-refractivity contribution in [1.29, 1.82) is 0 Å². The first-order valence-electron chi connectivity index (χ1n) is 6.20. The minimum Gasteiger partial charge on any atom is -0.307 e. The zero-order valence-electron chi connectivity index (χ0n) is 10.8. The van der Waals surface area contributed by atoms with Crippen molar-refractivity contribution in [2.24, 2.45) is 0 Å². The molecule has 0 saturated heterocycles. The van der Waals surface area contributed by atoms with Crippen molar-refractivity contribution in [3.8, 4) is 11.4 Å². The smallest absolute Gasteiger partial charge is 0.307 e. The Hall–Kier alpha value is -1.95. The molecule has 104 valence electrons. The highest BCUT2D eigenvalue weighted by Crippen LogP contribution is 2.34. The molecule has 6 heteroatoms.